The molecule has 5 nitrogen and oxygen atoms in total. The number of amides is 1. The Hall–Kier alpha value is -1.56. The SMILES string of the molecule is CCNC(=O)C1CCN(c2ccccc2S(C)(=O)=O)CC1. The summed E-state index contributed by atoms with van der Waals surface area (Å²) in [6.45, 7) is 3.97. The molecule has 116 valence electrons. The summed E-state index contributed by atoms with van der Waals surface area (Å²) in [5.74, 6) is 0.139. The molecule has 0 bridgehead atoms. The van der Waals surface area contributed by atoms with E-state index < -0.39 is 9.84 Å². The standard InChI is InChI=1S/C15H22N2O3S/c1-3-16-15(18)12-8-10-17(11-9-12)13-6-4-5-7-14(13)21(2,19)20/h4-7,12H,3,8-11H2,1-2H3,(H,16,18). The van der Waals surface area contributed by atoms with E-state index in [-0.39, 0.29) is 11.8 Å². The van der Waals surface area contributed by atoms with Crippen LogP contribution >= 0.6 is 0 Å². The molecule has 1 amide bonds. The van der Waals surface area contributed by atoms with Crippen LogP contribution in [0.15, 0.2) is 29.2 Å². The maximum atomic E-state index is 11.9. The van der Waals surface area contributed by atoms with E-state index in [1.807, 2.05) is 19.1 Å². The van der Waals surface area contributed by atoms with E-state index in [9.17, 15) is 13.2 Å². The Bertz CT molecular complexity index is 605. The Morgan fingerprint density at radius 3 is 2.48 bits per heavy atom. The van der Waals surface area contributed by atoms with E-state index in [0.29, 0.717) is 24.5 Å². The highest BCUT2D eigenvalue weighted by molar-refractivity contribution is 7.90. The van der Waals surface area contributed by atoms with Gasteiger partial charge < -0.3 is 10.2 Å². The molecular weight excluding hydrogens is 288 g/mol. The number of anilines is 1. The maximum absolute atomic E-state index is 11.9. The smallest absolute Gasteiger partial charge is 0.223 e. The molecule has 1 heterocycles. The van der Waals surface area contributed by atoms with Crippen LogP contribution < -0.4 is 10.2 Å². The van der Waals surface area contributed by atoms with Crippen molar-refractivity contribution in [2.24, 2.45) is 5.92 Å². The number of para-hydroxylation sites is 1. The van der Waals surface area contributed by atoms with Crippen LogP contribution in [0.5, 0.6) is 0 Å². The second kappa shape index (κ2) is 6.47. The number of benzene rings is 1. The number of nitrogens with one attached hydrogen (secondary N) is 1. The summed E-state index contributed by atoms with van der Waals surface area (Å²) >= 11 is 0. The lowest BCUT2D eigenvalue weighted by molar-refractivity contribution is -0.125. The van der Waals surface area contributed by atoms with Crippen molar-refractivity contribution in [1.29, 1.82) is 0 Å². The van der Waals surface area contributed by atoms with Crippen LogP contribution in [0.2, 0.25) is 0 Å². The predicted octanol–water partition coefficient (Wildman–Crippen LogP) is 1.44. The van der Waals surface area contributed by atoms with Crippen molar-refractivity contribution < 1.29 is 13.2 Å². The van der Waals surface area contributed by atoms with E-state index in [1.165, 1.54) is 6.26 Å². The molecule has 1 aromatic carbocycles. The zero-order valence-electron chi connectivity index (χ0n) is 12.5. The minimum absolute atomic E-state index is 0.0339. The van der Waals surface area contributed by atoms with Gasteiger partial charge in [0.15, 0.2) is 9.84 Å². The summed E-state index contributed by atoms with van der Waals surface area (Å²) in [4.78, 5) is 14.3. The van der Waals surface area contributed by atoms with E-state index in [4.69, 9.17) is 0 Å². The second-order valence-corrected chi connectivity index (χ2v) is 7.38. The number of hydrogen-bond donors (Lipinski definition) is 1. The Balaban J connectivity index is 2.12. The second-order valence-electron chi connectivity index (χ2n) is 5.40. The fourth-order valence-corrected chi connectivity index (χ4v) is 3.64. The summed E-state index contributed by atoms with van der Waals surface area (Å²) in [5, 5.41) is 2.85. The summed E-state index contributed by atoms with van der Waals surface area (Å²) in [7, 11) is -3.24. The van der Waals surface area contributed by atoms with Gasteiger partial charge in [-0.05, 0) is 31.9 Å². The topological polar surface area (TPSA) is 66.5 Å². The molecule has 6 heteroatoms. The van der Waals surface area contributed by atoms with Gasteiger partial charge in [0.1, 0.15) is 0 Å². The van der Waals surface area contributed by atoms with E-state index in [1.54, 1.807) is 12.1 Å². The fraction of sp³-hybridized carbons (Fsp3) is 0.533. The molecule has 1 aliphatic heterocycles. The Kier molecular flexibility index (Phi) is 4.88. The van der Waals surface area contributed by atoms with Crippen molar-refractivity contribution in [2.75, 3.05) is 30.8 Å². The molecule has 0 aliphatic carbocycles. The first-order chi connectivity index (χ1) is 9.93. The predicted molar refractivity (Wildman–Crippen MR) is 83.2 cm³/mol. The third-order valence-electron chi connectivity index (χ3n) is 3.82. The van der Waals surface area contributed by atoms with E-state index >= 15 is 0 Å². The zero-order valence-corrected chi connectivity index (χ0v) is 13.3. The van der Waals surface area contributed by atoms with Crippen LogP contribution in [0, 0.1) is 5.92 Å². The Morgan fingerprint density at radius 2 is 1.90 bits per heavy atom. The number of carbonyl (C=O) groups excluding carboxylic acids is 1. The van der Waals surface area contributed by atoms with Crippen molar-refractivity contribution in [3.05, 3.63) is 24.3 Å². The molecule has 0 unspecified atom stereocenters. The summed E-state index contributed by atoms with van der Waals surface area (Å²) < 4.78 is 23.7. The van der Waals surface area contributed by atoms with Gasteiger partial charge in [-0.1, -0.05) is 12.1 Å². The van der Waals surface area contributed by atoms with Crippen molar-refractivity contribution >= 4 is 21.4 Å². The monoisotopic (exact) mass is 310 g/mol. The highest BCUT2D eigenvalue weighted by Crippen LogP contribution is 2.29. The van der Waals surface area contributed by atoms with Gasteiger partial charge in [-0.2, -0.15) is 0 Å². The molecule has 0 atom stereocenters. The number of sulfone groups is 1. The first-order valence-corrected chi connectivity index (χ1v) is 9.14. The zero-order chi connectivity index (χ0) is 15.5. The van der Waals surface area contributed by atoms with Gasteiger partial charge in [-0.3, -0.25) is 4.79 Å². The molecule has 1 saturated heterocycles. The number of carbonyl (C=O) groups is 1. The van der Waals surface area contributed by atoms with Gasteiger partial charge in [0, 0.05) is 31.8 Å². The van der Waals surface area contributed by atoms with Crippen LogP contribution in [0.1, 0.15) is 19.8 Å². The lowest BCUT2D eigenvalue weighted by atomic mass is 9.95. The van der Waals surface area contributed by atoms with Crippen LogP contribution in [-0.4, -0.2) is 40.2 Å². The molecule has 0 spiro atoms. The van der Waals surface area contributed by atoms with Crippen LogP contribution in [0.4, 0.5) is 5.69 Å². The summed E-state index contributed by atoms with van der Waals surface area (Å²) in [6.07, 6.45) is 2.74. The van der Waals surface area contributed by atoms with Crippen LogP contribution in [-0.2, 0) is 14.6 Å². The molecule has 1 aromatic rings. The lowest BCUT2D eigenvalue weighted by Crippen LogP contribution is -2.40. The third-order valence-corrected chi connectivity index (χ3v) is 4.97. The normalized spacial score (nSPS) is 16.8. The van der Waals surface area contributed by atoms with Crippen molar-refractivity contribution in [2.45, 2.75) is 24.7 Å². The fourth-order valence-electron chi connectivity index (χ4n) is 2.73. The quantitative estimate of drug-likeness (QED) is 0.914. The average molecular weight is 310 g/mol. The summed E-state index contributed by atoms with van der Waals surface area (Å²) in [5.41, 5.74) is 0.745. The molecule has 21 heavy (non-hydrogen) atoms. The molecule has 1 aliphatic rings. The molecule has 1 N–H and O–H groups in total. The van der Waals surface area contributed by atoms with Gasteiger partial charge >= 0.3 is 0 Å². The molecular formula is C15H22N2O3S. The Morgan fingerprint density at radius 1 is 1.29 bits per heavy atom. The lowest BCUT2D eigenvalue weighted by Gasteiger charge is -2.33. The van der Waals surface area contributed by atoms with E-state index in [0.717, 1.165) is 18.5 Å². The number of hydrogen-bond acceptors (Lipinski definition) is 4. The highest BCUT2D eigenvalue weighted by Gasteiger charge is 2.26. The molecule has 0 radical (unpaired) electrons. The van der Waals surface area contributed by atoms with E-state index in [2.05, 4.69) is 10.2 Å². The first kappa shape index (κ1) is 15.8. The number of piperidine rings is 1. The Labute approximate surface area is 126 Å². The third kappa shape index (κ3) is 3.75. The average Bonchev–Trinajstić information content (AvgIpc) is 2.47. The van der Waals surface area contributed by atoms with Crippen molar-refractivity contribution in [3.63, 3.8) is 0 Å². The largest absolute Gasteiger partial charge is 0.370 e. The van der Waals surface area contributed by atoms with Crippen molar-refractivity contribution in [1.82, 2.24) is 5.32 Å². The van der Waals surface area contributed by atoms with Crippen LogP contribution in [0.3, 0.4) is 0 Å². The highest BCUT2D eigenvalue weighted by atomic mass is 32.2. The molecule has 0 saturated carbocycles. The van der Waals surface area contributed by atoms with Gasteiger partial charge in [0.05, 0.1) is 10.6 Å². The van der Waals surface area contributed by atoms with Gasteiger partial charge in [0.25, 0.3) is 0 Å². The van der Waals surface area contributed by atoms with Gasteiger partial charge in [-0.15, -0.1) is 0 Å². The molecule has 1 fully saturated rings. The number of rotatable bonds is 4. The molecule has 0 aromatic heterocycles. The number of nitrogens with zero attached hydrogens (tertiary/aromatic N) is 1. The maximum Gasteiger partial charge on any atom is 0.223 e. The minimum Gasteiger partial charge on any atom is -0.370 e. The molecule has 2 rings (SSSR count). The van der Waals surface area contributed by atoms with Gasteiger partial charge in [-0.25, -0.2) is 8.42 Å². The van der Waals surface area contributed by atoms with Crippen molar-refractivity contribution in [3.8, 4) is 0 Å². The van der Waals surface area contributed by atoms with Crippen LogP contribution in [0.25, 0.3) is 0 Å². The van der Waals surface area contributed by atoms with Gasteiger partial charge in [0.2, 0.25) is 5.91 Å². The summed E-state index contributed by atoms with van der Waals surface area (Å²) in [6, 6.07) is 7.06. The first-order valence-electron chi connectivity index (χ1n) is 7.25. The minimum atomic E-state index is -3.24.